The summed E-state index contributed by atoms with van der Waals surface area (Å²) in [6.07, 6.45) is 3.93. The number of aryl methyl sites for hydroxylation is 1. The molecule has 7 heteroatoms. The van der Waals surface area contributed by atoms with Gasteiger partial charge in [-0.05, 0) is 93.6 Å². The summed E-state index contributed by atoms with van der Waals surface area (Å²) < 4.78 is 15.6. The second-order valence-electron chi connectivity index (χ2n) is 8.75. The number of likely N-dealkylation sites (tertiary alicyclic amines) is 1. The summed E-state index contributed by atoms with van der Waals surface area (Å²) in [5, 5.41) is 9.13. The molecule has 0 aromatic heterocycles. The standard InChI is InChI=1S/C16H25NO2.C11H15NO3/c1-13-9-11-17(12-13)10-3-4-15-5-7-16(8-6-15)19-14(2)18;1-14-9-4-6-10(7-5-9)15-8-2-3-11(12)13/h5-8,13-14,18H,3-4,9-12H2,1-2H3;4-7H,2-3,8H2,1H3,(H2,12,13). The lowest BCUT2D eigenvalue weighted by Crippen LogP contribution is -2.21. The Morgan fingerprint density at radius 1 is 1.09 bits per heavy atom. The number of hydrogen-bond acceptors (Lipinski definition) is 6. The average molecular weight is 473 g/mol. The van der Waals surface area contributed by atoms with E-state index in [-0.39, 0.29) is 5.91 Å². The first-order chi connectivity index (χ1) is 16.4. The minimum atomic E-state index is -0.747. The third-order valence-corrected chi connectivity index (χ3v) is 5.57. The number of aliphatic hydroxyl groups is 1. The highest BCUT2D eigenvalue weighted by Gasteiger charge is 2.17. The van der Waals surface area contributed by atoms with Gasteiger partial charge in [-0.25, -0.2) is 0 Å². The van der Waals surface area contributed by atoms with Gasteiger partial charge < -0.3 is 30.0 Å². The first kappa shape index (κ1) is 27.5. The largest absolute Gasteiger partial charge is 0.497 e. The Balaban J connectivity index is 0.000000248. The predicted octanol–water partition coefficient (Wildman–Crippen LogP) is 4.02. The normalized spacial score (nSPS) is 16.3. The number of benzene rings is 2. The van der Waals surface area contributed by atoms with Crippen molar-refractivity contribution in [1.82, 2.24) is 4.90 Å². The van der Waals surface area contributed by atoms with Crippen molar-refractivity contribution < 1.29 is 24.1 Å². The fraction of sp³-hybridized carbons (Fsp3) is 0.519. The maximum absolute atomic E-state index is 10.4. The van der Waals surface area contributed by atoms with E-state index >= 15 is 0 Å². The fourth-order valence-electron chi connectivity index (χ4n) is 3.78. The Morgan fingerprint density at radius 2 is 1.74 bits per heavy atom. The van der Waals surface area contributed by atoms with Gasteiger partial charge in [0.2, 0.25) is 5.91 Å². The SMILES string of the molecule is CC1CCN(CCCc2ccc(OC(C)O)cc2)C1.COc1ccc(OCCCC(N)=O)cc1. The van der Waals surface area contributed by atoms with Gasteiger partial charge in [-0.2, -0.15) is 0 Å². The highest BCUT2D eigenvalue weighted by molar-refractivity contribution is 5.73. The summed E-state index contributed by atoms with van der Waals surface area (Å²) in [6.45, 7) is 8.18. The first-order valence-electron chi connectivity index (χ1n) is 12.1. The first-order valence-corrected chi connectivity index (χ1v) is 12.1. The Labute approximate surface area is 203 Å². The number of rotatable bonds is 12. The number of nitrogens with zero attached hydrogens (tertiary/aromatic N) is 1. The topological polar surface area (TPSA) is 94.2 Å². The highest BCUT2D eigenvalue weighted by Crippen LogP contribution is 2.18. The molecule has 1 fully saturated rings. The average Bonchev–Trinajstić information content (AvgIpc) is 3.23. The quantitative estimate of drug-likeness (QED) is 0.358. The lowest BCUT2D eigenvalue weighted by Gasteiger charge is -2.15. The molecule has 1 saturated heterocycles. The zero-order chi connectivity index (χ0) is 24.8. The lowest BCUT2D eigenvalue weighted by molar-refractivity contribution is -0.118. The number of carbonyl (C=O) groups is 1. The molecule has 2 unspecified atom stereocenters. The molecule has 3 N–H and O–H groups in total. The van der Waals surface area contributed by atoms with Crippen molar-refractivity contribution in [2.75, 3.05) is 33.4 Å². The molecule has 0 saturated carbocycles. The second-order valence-corrected chi connectivity index (χ2v) is 8.75. The van der Waals surface area contributed by atoms with E-state index in [0.29, 0.717) is 19.4 Å². The van der Waals surface area contributed by atoms with Crippen LogP contribution < -0.4 is 19.9 Å². The number of carbonyl (C=O) groups excluding carboxylic acids is 1. The van der Waals surface area contributed by atoms with Crippen LogP contribution in [0.5, 0.6) is 17.2 Å². The van der Waals surface area contributed by atoms with E-state index in [0.717, 1.165) is 29.6 Å². The van der Waals surface area contributed by atoms with Crippen molar-refractivity contribution in [1.29, 1.82) is 0 Å². The summed E-state index contributed by atoms with van der Waals surface area (Å²) in [6, 6.07) is 15.3. The zero-order valence-electron chi connectivity index (χ0n) is 20.7. The van der Waals surface area contributed by atoms with Crippen LogP contribution in [-0.4, -0.2) is 55.6 Å². The maximum atomic E-state index is 10.4. The van der Waals surface area contributed by atoms with Gasteiger partial charge in [0.15, 0.2) is 6.29 Å². The highest BCUT2D eigenvalue weighted by atomic mass is 16.6. The van der Waals surface area contributed by atoms with E-state index in [1.807, 2.05) is 36.4 Å². The van der Waals surface area contributed by atoms with E-state index in [1.54, 1.807) is 14.0 Å². The minimum absolute atomic E-state index is 0.298. The summed E-state index contributed by atoms with van der Waals surface area (Å²) in [5.41, 5.74) is 6.34. The van der Waals surface area contributed by atoms with E-state index in [9.17, 15) is 4.79 Å². The van der Waals surface area contributed by atoms with Gasteiger partial charge in [-0.15, -0.1) is 0 Å². The van der Waals surface area contributed by atoms with Crippen LogP contribution in [0.15, 0.2) is 48.5 Å². The Bertz CT molecular complexity index is 824. The molecule has 1 amide bonds. The van der Waals surface area contributed by atoms with E-state index in [1.165, 1.54) is 38.0 Å². The third kappa shape index (κ3) is 11.4. The van der Waals surface area contributed by atoms with Crippen molar-refractivity contribution in [3.8, 4) is 17.2 Å². The number of ether oxygens (including phenoxy) is 3. The predicted molar refractivity (Wildman–Crippen MR) is 134 cm³/mol. The Hall–Kier alpha value is -2.77. The van der Waals surface area contributed by atoms with Crippen LogP contribution in [0.3, 0.4) is 0 Å². The molecular weight excluding hydrogens is 432 g/mol. The molecule has 2 aromatic carbocycles. The van der Waals surface area contributed by atoms with Crippen LogP contribution in [0.2, 0.25) is 0 Å². The molecule has 1 aliphatic heterocycles. The molecule has 0 spiro atoms. The van der Waals surface area contributed by atoms with Crippen molar-refractivity contribution in [3.63, 3.8) is 0 Å². The summed E-state index contributed by atoms with van der Waals surface area (Å²) in [4.78, 5) is 13.0. The van der Waals surface area contributed by atoms with Crippen LogP contribution in [0.4, 0.5) is 0 Å². The van der Waals surface area contributed by atoms with Crippen molar-refractivity contribution in [3.05, 3.63) is 54.1 Å². The molecule has 0 aliphatic carbocycles. The van der Waals surface area contributed by atoms with Crippen LogP contribution in [0, 0.1) is 5.92 Å². The molecule has 0 radical (unpaired) electrons. The molecule has 2 aromatic rings. The number of methoxy groups -OCH3 is 1. The molecule has 188 valence electrons. The van der Waals surface area contributed by atoms with Crippen LogP contribution >= 0.6 is 0 Å². The van der Waals surface area contributed by atoms with Crippen LogP contribution in [0.1, 0.15) is 45.1 Å². The molecular formula is C27H40N2O5. The van der Waals surface area contributed by atoms with Gasteiger partial charge in [0.1, 0.15) is 17.2 Å². The summed E-state index contributed by atoms with van der Waals surface area (Å²) in [7, 11) is 1.61. The number of aliphatic hydroxyl groups excluding tert-OH is 1. The van der Waals surface area contributed by atoms with E-state index < -0.39 is 6.29 Å². The number of nitrogens with two attached hydrogens (primary N) is 1. The van der Waals surface area contributed by atoms with Gasteiger partial charge in [-0.1, -0.05) is 19.1 Å². The molecule has 0 bridgehead atoms. The van der Waals surface area contributed by atoms with Crippen molar-refractivity contribution in [2.45, 2.75) is 52.2 Å². The Kier molecular flexibility index (Phi) is 12.3. The molecule has 3 rings (SSSR count). The zero-order valence-corrected chi connectivity index (χ0v) is 20.7. The van der Waals surface area contributed by atoms with Crippen LogP contribution in [-0.2, 0) is 11.2 Å². The van der Waals surface area contributed by atoms with Gasteiger partial charge in [0, 0.05) is 13.0 Å². The number of amides is 1. The molecule has 34 heavy (non-hydrogen) atoms. The van der Waals surface area contributed by atoms with Crippen molar-refractivity contribution in [2.24, 2.45) is 11.7 Å². The molecule has 2 atom stereocenters. The second kappa shape index (κ2) is 15.2. The van der Waals surface area contributed by atoms with Gasteiger partial charge in [0.25, 0.3) is 0 Å². The van der Waals surface area contributed by atoms with Gasteiger partial charge >= 0.3 is 0 Å². The fourth-order valence-corrected chi connectivity index (χ4v) is 3.78. The van der Waals surface area contributed by atoms with Crippen LogP contribution in [0.25, 0.3) is 0 Å². The van der Waals surface area contributed by atoms with Crippen molar-refractivity contribution >= 4 is 5.91 Å². The smallest absolute Gasteiger partial charge is 0.217 e. The maximum Gasteiger partial charge on any atom is 0.217 e. The minimum Gasteiger partial charge on any atom is -0.497 e. The number of hydrogen-bond donors (Lipinski definition) is 2. The summed E-state index contributed by atoms with van der Waals surface area (Å²) in [5.74, 6) is 2.86. The number of primary amides is 1. The Morgan fingerprint density at radius 3 is 2.29 bits per heavy atom. The monoisotopic (exact) mass is 472 g/mol. The third-order valence-electron chi connectivity index (χ3n) is 5.57. The molecule has 7 nitrogen and oxygen atoms in total. The summed E-state index contributed by atoms with van der Waals surface area (Å²) >= 11 is 0. The molecule has 1 aliphatic rings. The van der Waals surface area contributed by atoms with Gasteiger partial charge in [0.05, 0.1) is 13.7 Å². The van der Waals surface area contributed by atoms with E-state index in [2.05, 4.69) is 24.0 Å². The lowest BCUT2D eigenvalue weighted by atomic mass is 10.1. The molecule has 1 heterocycles. The van der Waals surface area contributed by atoms with E-state index in [4.69, 9.17) is 25.1 Å². The van der Waals surface area contributed by atoms with Gasteiger partial charge in [-0.3, -0.25) is 4.79 Å².